The van der Waals surface area contributed by atoms with Crippen LogP contribution >= 0.6 is 11.6 Å². The van der Waals surface area contributed by atoms with E-state index in [0.717, 1.165) is 19.4 Å². The molecule has 1 aliphatic carbocycles. The largest absolute Gasteiger partial charge is 0.360 e. The molecule has 1 saturated heterocycles. The predicted molar refractivity (Wildman–Crippen MR) is 135 cm³/mol. The van der Waals surface area contributed by atoms with Crippen LogP contribution in [0.2, 0.25) is 5.02 Å². The predicted octanol–water partition coefficient (Wildman–Crippen LogP) is 5.79. The molecule has 1 aliphatic heterocycles. The number of aryl methyl sites for hydroxylation is 2. The molecule has 0 bridgehead atoms. The number of halogens is 1. The Kier molecular flexibility index (Phi) is 6.75. The minimum Gasteiger partial charge on any atom is -0.360 e. The molecule has 3 aromatic rings. The molecule has 2 aromatic carbocycles. The molecule has 1 spiro atoms. The quantitative estimate of drug-likeness (QED) is 0.437. The smallest absolute Gasteiger partial charge is 0.257 e. The zero-order valence-electron chi connectivity index (χ0n) is 19.8. The first-order valence-corrected chi connectivity index (χ1v) is 12.8. The highest BCUT2D eigenvalue weighted by Gasteiger charge is 2.40. The van der Waals surface area contributed by atoms with Gasteiger partial charge in [0.25, 0.3) is 5.91 Å². The van der Waals surface area contributed by atoms with Crippen LogP contribution in [-0.2, 0) is 11.8 Å². The molecule has 0 radical (unpaired) electrons. The van der Waals surface area contributed by atoms with Gasteiger partial charge in [0.1, 0.15) is 17.0 Å². The summed E-state index contributed by atoms with van der Waals surface area (Å²) in [6.07, 6.45) is 7.09. The minimum atomic E-state index is -0.159. The summed E-state index contributed by atoms with van der Waals surface area (Å²) in [4.78, 5) is 15.5. The summed E-state index contributed by atoms with van der Waals surface area (Å²) in [5, 5.41) is 7.68. The Labute approximate surface area is 206 Å². The number of carbonyl (C=O) groups is 1. The van der Waals surface area contributed by atoms with Gasteiger partial charge in [-0.15, -0.1) is 0 Å². The lowest BCUT2D eigenvalue weighted by Gasteiger charge is -2.40. The van der Waals surface area contributed by atoms with Crippen LogP contribution in [0.15, 0.2) is 53.1 Å². The molecule has 1 N–H and O–H groups in total. The Morgan fingerprint density at radius 2 is 1.85 bits per heavy atom. The molecule has 1 amide bonds. The second-order valence-electron chi connectivity index (χ2n) is 9.68. The van der Waals surface area contributed by atoms with Crippen molar-refractivity contribution in [3.05, 3.63) is 76.0 Å². The molecule has 0 saturated carbocycles. The van der Waals surface area contributed by atoms with Crippen molar-refractivity contribution in [2.24, 2.45) is 0 Å². The molecule has 178 valence electrons. The lowest BCUT2D eigenvalue weighted by molar-refractivity contribution is 0.0951. The fourth-order valence-electron chi connectivity index (χ4n) is 5.72. The van der Waals surface area contributed by atoms with E-state index in [1.807, 2.05) is 18.2 Å². The fourth-order valence-corrected chi connectivity index (χ4v) is 5.94. The number of fused-ring (bicyclic) bond motifs is 2. The lowest BCUT2D eigenvalue weighted by atomic mass is 9.74. The van der Waals surface area contributed by atoms with Gasteiger partial charge in [0, 0.05) is 12.1 Å². The standard InChI is InChI=1S/C28H32ClN3O2/c1-20-25(26(31-34-20)22-9-3-5-11-24(22)29)27(33)30-16-6-7-17-32-18-14-28(15-19-32)13-12-21-8-2-4-10-23(21)28/h2-5,8-11H,6-7,12-19H2,1H3,(H,30,33). The molecule has 2 aliphatic rings. The molecule has 5 rings (SSSR count). The van der Waals surface area contributed by atoms with Gasteiger partial charge in [-0.3, -0.25) is 4.79 Å². The highest BCUT2D eigenvalue weighted by Crippen LogP contribution is 2.46. The first-order chi connectivity index (χ1) is 16.6. The number of carbonyl (C=O) groups excluding carboxylic acids is 1. The SMILES string of the molecule is Cc1onc(-c2ccccc2Cl)c1C(=O)NCCCCN1CCC2(CCc3ccccc32)CC1. The lowest BCUT2D eigenvalue weighted by Crippen LogP contribution is -2.42. The van der Waals surface area contributed by atoms with E-state index in [0.29, 0.717) is 39.6 Å². The Balaban J connectivity index is 1.08. The van der Waals surface area contributed by atoms with Gasteiger partial charge >= 0.3 is 0 Å². The van der Waals surface area contributed by atoms with E-state index in [2.05, 4.69) is 39.6 Å². The van der Waals surface area contributed by atoms with E-state index in [9.17, 15) is 4.79 Å². The highest BCUT2D eigenvalue weighted by atomic mass is 35.5. The van der Waals surface area contributed by atoms with Crippen molar-refractivity contribution < 1.29 is 9.32 Å². The number of piperidine rings is 1. The van der Waals surface area contributed by atoms with Crippen molar-refractivity contribution in [2.75, 3.05) is 26.2 Å². The molecular weight excluding hydrogens is 446 g/mol. The second-order valence-corrected chi connectivity index (χ2v) is 10.1. The molecule has 6 heteroatoms. The van der Waals surface area contributed by atoms with Gasteiger partial charge in [-0.2, -0.15) is 0 Å². The second kappa shape index (κ2) is 9.93. The normalized spacial score (nSPS) is 17.1. The van der Waals surface area contributed by atoms with Crippen LogP contribution < -0.4 is 5.32 Å². The Morgan fingerprint density at radius 1 is 1.09 bits per heavy atom. The van der Waals surface area contributed by atoms with E-state index in [1.54, 1.807) is 24.1 Å². The van der Waals surface area contributed by atoms with Gasteiger partial charge in [0.15, 0.2) is 0 Å². The summed E-state index contributed by atoms with van der Waals surface area (Å²) >= 11 is 6.31. The van der Waals surface area contributed by atoms with Crippen molar-refractivity contribution in [1.82, 2.24) is 15.4 Å². The van der Waals surface area contributed by atoms with Gasteiger partial charge in [0.05, 0.1) is 5.02 Å². The third kappa shape index (κ3) is 4.51. The molecule has 1 fully saturated rings. The number of likely N-dealkylation sites (tertiary alicyclic amines) is 1. The van der Waals surface area contributed by atoms with Crippen molar-refractivity contribution in [3.63, 3.8) is 0 Å². The zero-order chi connectivity index (χ0) is 23.5. The summed E-state index contributed by atoms with van der Waals surface area (Å²) < 4.78 is 5.32. The average Bonchev–Trinajstić information content (AvgIpc) is 3.41. The number of nitrogens with one attached hydrogen (secondary N) is 1. The first-order valence-electron chi connectivity index (χ1n) is 12.4. The van der Waals surface area contributed by atoms with Gasteiger partial charge in [-0.25, -0.2) is 0 Å². The van der Waals surface area contributed by atoms with E-state index in [-0.39, 0.29) is 5.91 Å². The minimum absolute atomic E-state index is 0.159. The summed E-state index contributed by atoms with van der Waals surface area (Å²) in [6.45, 7) is 5.82. The van der Waals surface area contributed by atoms with Crippen LogP contribution in [0.5, 0.6) is 0 Å². The van der Waals surface area contributed by atoms with Crippen molar-refractivity contribution in [1.29, 1.82) is 0 Å². The first kappa shape index (κ1) is 23.1. The van der Waals surface area contributed by atoms with Gasteiger partial charge < -0.3 is 14.7 Å². The van der Waals surface area contributed by atoms with E-state index in [1.165, 1.54) is 38.8 Å². The van der Waals surface area contributed by atoms with Gasteiger partial charge in [-0.05, 0) is 87.7 Å². The van der Waals surface area contributed by atoms with E-state index < -0.39 is 0 Å². The average molecular weight is 478 g/mol. The summed E-state index contributed by atoms with van der Waals surface area (Å²) in [6, 6.07) is 16.4. The number of hydrogen-bond donors (Lipinski definition) is 1. The maximum atomic E-state index is 12.9. The Bertz CT molecular complexity index is 1160. The van der Waals surface area contributed by atoms with Crippen LogP contribution in [0, 0.1) is 6.92 Å². The number of nitrogens with zero attached hydrogens (tertiary/aromatic N) is 2. The van der Waals surface area contributed by atoms with Crippen LogP contribution in [0.3, 0.4) is 0 Å². The third-order valence-electron chi connectivity index (χ3n) is 7.68. The number of benzene rings is 2. The monoisotopic (exact) mass is 477 g/mol. The van der Waals surface area contributed by atoms with Gasteiger partial charge in [-0.1, -0.05) is 59.2 Å². The van der Waals surface area contributed by atoms with Crippen LogP contribution in [0.1, 0.15) is 59.3 Å². The number of hydrogen-bond acceptors (Lipinski definition) is 4. The maximum absolute atomic E-state index is 12.9. The molecule has 1 aromatic heterocycles. The van der Waals surface area contributed by atoms with Crippen molar-refractivity contribution in [2.45, 2.75) is 50.9 Å². The zero-order valence-corrected chi connectivity index (χ0v) is 20.5. The molecule has 2 heterocycles. The van der Waals surface area contributed by atoms with Crippen molar-refractivity contribution >= 4 is 17.5 Å². The van der Waals surface area contributed by atoms with E-state index in [4.69, 9.17) is 16.1 Å². The Morgan fingerprint density at radius 3 is 2.68 bits per heavy atom. The summed E-state index contributed by atoms with van der Waals surface area (Å²) in [5.74, 6) is 0.344. The number of aromatic nitrogens is 1. The molecular formula is C28H32ClN3O2. The van der Waals surface area contributed by atoms with Crippen LogP contribution in [0.4, 0.5) is 0 Å². The molecule has 0 atom stereocenters. The molecule has 0 unspecified atom stereocenters. The van der Waals surface area contributed by atoms with Crippen LogP contribution in [-0.4, -0.2) is 42.1 Å². The maximum Gasteiger partial charge on any atom is 0.257 e. The Hall–Kier alpha value is -2.63. The molecule has 5 nitrogen and oxygen atoms in total. The van der Waals surface area contributed by atoms with Gasteiger partial charge in [0.2, 0.25) is 0 Å². The van der Waals surface area contributed by atoms with E-state index >= 15 is 0 Å². The third-order valence-corrected chi connectivity index (χ3v) is 8.01. The fraction of sp³-hybridized carbons (Fsp3) is 0.429. The highest BCUT2D eigenvalue weighted by molar-refractivity contribution is 6.33. The van der Waals surface area contributed by atoms with Crippen molar-refractivity contribution in [3.8, 4) is 11.3 Å². The topological polar surface area (TPSA) is 58.4 Å². The number of amides is 1. The number of unbranched alkanes of at least 4 members (excludes halogenated alkanes) is 1. The number of rotatable bonds is 7. The summed E-state index contributed by atoms with van der Waals surface area (Å²) in [5.41, 5.74) is 5.25. The van der Waals surface area contributed by atoms with Crippen LogP contribution in [0.25, 0.3) is 11.3 Å². The molecule has 34 heavy (non-hydrogen) atoms. The summed E-state index contributed by atoms with van der Waals surface area (Å²) in [7, 11) is 0.